The minimum Gasteiger partial charge on any atom is -0.445 e. The van der Waals surface area contributed by atoms with E-state index in [1.165, 1.54) is 6.07 Å². The zero-order chi connectivity index (χ0) is 14.3. The van der Waals surface area contributed by atoms with Crippen molar-refractivity contribution in [2.24, 2.45) is 0 Å². The van der Waals surface area contributed by atoms with E-state index in [4.69, 9.17) is 4.42 Å². The van der Waals surface area contributed by atoms with Gasteiger partial charge in [0.05, 0.1) is 10.9 Å². The van der Waals surface area contributed by atoms with Crippen molar-refractivity contribution in [3.63, 3.8) is 0 Å². The number of oxazole rings is 1. The molecule has 0 amide bonds. The molecule has 3 rings (SSSR count). The smallest absolute Gasteiger partial charge is 0.207 e. The van der Waals surface area contributed by atoms with Crippen molar-refractivity contribution in [3.05, 3.63) is 52.5 Å². The standard InChI is InChI=1S/C15H16FNO2S/c1-9-10(2)19-15(17-9)8-20(18)14-7-6-11-12(14)4-3-5-13(11)16/h3-5,14H,6-8H2,1-2H3. The second-order valence-electron chi connectivity index (χ2n) is 5.11. The Morgan fingerprint density at radius 2 is 2.25 bits per heavy atom. The number of aryl methyl sites for hydroxylation is 2. The van der Waals surface area contributed by atoms with Gasteiger partial charge in [0.25, 0.3) is 0 Å². The molecule has 20 heavy (non-hydrogen) atoms. The summed E-state index contributed by atoms with van der Waals surface area (Å²) in [5.74, 6) is 1.36. The van der Waals surface area contributed by atoms with Crippen molar-refractivity contribution in [3.8, 4) is 0 Å². The molecule has 1 heterocycles. The van der Waals surface area contributed by atoms with Crippen molar-refractivity contribution in [2.75, 3.05) is 0 Å². The Morgan fingerprint density at radius 3 is 2.95 bits per heavy atom. The minimum atomic E-state index is -1.13. The number of hydrogen-bond acceptors (Lipinski definition) is 3. The predicted molar refractivity (Wildman–Crippen MR) is 75.3 cm³/mol. The van der Waals surface area contributed by atoms with E-state index in [9.17, 15) is 8.60 Å². The Morgan fingerprint density at radius 1 is 1.45 bits per heavy atom. The van der Waals surface area contributed by atoms with Crippen molar-refractivity contribution < 1.29 is 13.0 Å². The Balaban J connectivity index is 1.82. The fourth-order valence-corrected chi connectivity index (χ4v) is 4.12. The number of nitrogens with zero attached hydrogens (tertiary/aromatic N) is 1. The predicted octanol–water partition coefficient (Wildman–Crippen LogP) is 3.37. The minimum absolute atomic E-state index is 0.117. The highest BCUT2D eigenvalue weighted by atomic mass is 32.2. The summed E-state index contributed by atoms with van der Waals surface area (Å²) in [5.41, 5.74) is 2.42. The van der Waals surface area contributed by atoms with Crippen LogP contribution < -0.4 is 0 Å². The van der Waals surface area contributed by atoms with Gasteiger partial charge in [0.15, 0.2) is 0 Å². The lowest BCUT2D eigenvalue weighted by molar-refractivity contribution is 0.487. The van der Waals surface area contributed by atoms with Gasteiger partial charge in [-0.05, 0) is 43.9 Å². The molecular formula is C15H16FNO2S. The van der Waals surface area contributed by atoms with E-state index >= 15 is 0 Å². The summed E-state index contributed by atoms with van der Waals surface area (Å²) in [6, 6.07) is 5.02. The normalized spacial score (nSPS) is 19.1. The first-order valence-electron chi connectivity index (χ1n) is 6.63. The van der Waals surface area contributed by atoms with Crippen LogP contribution in [0.15, 0.2) is 22.6 Å². The molecule has 0 aliphatic heterocycles. The first-order chi connectivity index (χ1) is 9.56. The van der Waals surface area contributed by atoms with E-state index in [1.807, 2.05) is 19.9 Å². The van der Waals surface area contributed by atoms with Crippen molar-refractivity contribution in [1.29, 1.82) is 0 Å². The Hall–Kier alpha value is -1.49. The second kappa shape index (κ2) is 5.13. The lowest BCUT2D eigenvalue weighted by Gasteiger charge is -2.10. The third-order valence-electron chi connectivity index (χ3n) is 3.81. The van der Waals surface area contributed by atoms with Gasteiger partial charge < -0.3 is 4.42 Å². The van der Waals surface area contributed by atoms with Crippen LogP contribution in [0, 0.1) is 19.7 Å². The maximum atomic E-state index is 13.7. The first-order valence-corrected chi connectivity index (χ1v) is 8.02. The van der Waals surface area contributed by atoms with Crippen LogP contribution >= 0.6 is 0 Å². The number of aromatic nitrogens is 1. The van der Waals surface area contributed by atoms with Crippen LogP contribution in [-0.2, 0) is 23.0 Å². The average Bonchev–Trinajstić information content (AvgIpc) is 2.95. The van der Waals surface area contributed by atoms with Gasteiger partial charge in [0.2, 0.25) is 5.89 Å². The molecule has 0 spiro atoms. The van der Waals surface area contributed by atoms with Gasteiger partial charge >= 0.3 is 0 Å². The molecule has 2 atom stereocenters. The zero-order valence-electron chi connectivity index (χ0n) is 11.5. The molecule has 2 unspecified atom stereocenters. The van der Waals surface area contributed by atoms with Gasteiger partial charge in [-0.15, -0.1) is 0 Å². The summed E-state index contributed by atoms with van der Waals surface area (Å²) in [7, 11) is -1.13. The summed E-state index contributed by atoms with van der Waals surface area (Å²) in [5, 5.41) is -0.117. The largest absolute Gasteiger partial charge is 0.445 e. The average molecular weight is 293 g/mol. The molecule has 0 N–H and O–H groups in total. The molecule has 1 aromatic heterocycles. The molecule has 1 aliphatic rings. The highest BCUT2D eigenvalue weighted by molar-refractivity contribution is 7.84. The van der Waals surface area contributed by atoms with E-state index < -0.39 is 10.8 Å². The van der Waals surface area contributed by atoms with E-state index in [1.54, 1.807) is 6.07 Å². The highest BCUT2D eigenvalue weighted by Gasteiger charge is 2.30. The summed E-state index contributed by atoms with van der Waals surface area (Å²) >= 11 is 0. The summed E-state index contributed by atoms with van der Waals surface area (Å²) in [6.45, 7) is 3.71. The molecule has 0 bridgehead atoms. The van der Waals surface area contributed by atoms with E-state index in [0.29, 0.717) is 17.9 Å². The molecular weight excluding hydrogens is 277 g/mol. The van der Waals surface area contributed by atoms with Crippen LogP contribution in [0.3, 0.4) is 0 Å². The molecule has 3 nitrogen and oxygen atoms in total. The maximum absolute atomic E-state index is 13.7. The Kier molecular flexibility index (Phi) is 3.46. The summed E-state index contributed by atoms with van der Waals surface area (Å²) < 4.78 is 31.7. The van der Waals surface area contributed by atoms with Crippen molar-refractivity contribution in [2.45, 2.75) is 37.7 Å². The molecule has 1 aromatic carbocycles. The fraction of sp³-hybridized carbons (Fsp3) is 0.400. The van der Waals surface area contributed by atoms with Gasteiger partial charge in [-0.3, -0.25) is 4.21 Å². The lowest BCUT2D eigenvalue weighted by atomic mass is 10.1. The van der Waals surface area contributed by atoms with Crippen LogP contribution in [-0.4, -0.2) is 9.19 Å². The van der Waals surface area contributed by atoms with Gasteiger partial charge in [-0.1, -0.05) is 12.1 Å². The van der Waals surface area contributed by atoms with Crippen LogP contribution in [0.2, 0.25) is 0 Å². The van der Waals surface area contributed by atoms with Crippen LogP contribution in [0.25, 0.3) is 0 Å². The molecule has 106 valence electrons. The Bertz CT molecular complexity index is 661. The van der Waals surface area contributed by atoms with Crippen LogP contribution in [0.1, 0.15) is 40.1 Å². The Labute approximate surface area is 119 Å². The van der Waals surface area contributed by atoms with Gasteiger partial charge in [0, 0.05) is 10.8 Å². The van der Waals surface area contributed by atoms with Crippen LogP contribution in [0.4, 0.5) is 4.39 Å². The van der Waals surface area contributed by atoms with Crippen molar-refractivity contribution >= 4 is 10.8 Å². The molecule has 5 heteroatoms. The van der Waals surface area contributed by atoms with Crippen LogP contribution in [0.5, 0.6) is 0 Å². The van der Waals surface area contributed by atoms with Crippen molar-refractivity contribution in [1.82, 2.24) is 4.98 Å². The SMILES string of the molecule is Cc1nc(CS(=O)C2CCc3c(F)cccc32)oc1C. The van der Waals surface area contributed by atoms with Gasteiger partial charge in [-0.2, -0.15) is 0 Å². The maximum Gasteiger partial charge on any atom is 0.207 e. The molecule has 2 aromatic rings. The number of hydrogen-bond donors (Lipinski definition) is 0. The first kappa shape index (κ1) is 13.5. The van der Waals surface area contributed by atoms with E-state index in [-0.39, 0.29) is 16.8 Å². The second-order valence-corrected chi connectivity index (χ2v) is 6.73. The number of fused-ring (bicyclic) bond motifs is 1. The number of halogens is 1. The summed E-state index contributed by atoms with van der Waals surface area (Å²) in [6.07, 6.45) is 1.38. The quantitative estimate of drug-likeness (QED) is 0.871. The molecule has 1 aliphatic carbocycles. The molecule has 0 radical (unpaired) electrons. The zero-order valence-corrected chi connectivity index (χ0v) is 12.3. The summed E-state index contributed by atoms with van der Waals surface area (Å²) in [4.78, 5) is 4.26. The van der Waals surface area contributed by atoms with Gasteiger partial charge in [0.1, 0.15) is 17.3 Å². The fourth-order valence-electron chi connectivity index (χ4n) is 2.67. The van der Waals surface area contributed by atoms with E-state index in [0.717, 1.165) is 23.4 Å². The lowest BCUT2D eigenvalue weighted by Crippen LogP contribution is -2.06. The molecule has 0 saturated heterocycles. The monoisotopic (exact) mass is 293 g/mol. The molecule has 0 saturated carbocycles. The third kappa shape index (κ3) is 2.30. The number of rotatable bonds is 3. The molecule has 0 fully saturated rings. The van der Waals surface area contributed by atoms with Gasteiger partial charge in [-0.25, -0.2) is 9.37 Å². The number of benzene rings is 1. The third-order valence-corrected chi connectivity index (χ3v) is 5.47. The highest BCUT2D eigenvalue weighted by Crippen LogP contribution is 2.37. The van der Waals surface area contributed by atoms with E-state index in [2.05, 4.69) is 4.98 Å². The topological polar surface area (TPSA) is 43.1 Å².